The summed E-state index contributed by atoms with van der Waals surface area (Å²) in [5, 5.41) is 3.09. The molecule has 0 atom stereocenters. The summed E-state index contributed by atoms with van der Waals surface area (Å²) in [7, 11) is 0. The summed E-state index contributed by atoms with van der Waals surface area (Å²) in [5.74, 6) is 0.929. The van der Waals surface area contributed by atoms with Gasteiger partial charge in [-0.2, -0.15) is 0 Å². The van der Waals surface area contributed by atoms with E-state index >= 15 is 0 Å². The van der Waals surface area contributed by atoms with E-state index in [4.69, 9.17) is 9.47 Å². The maximum absolute atomic E-state index is 12.8. The van der Waals surface area contributed by atoms with Crippen LogP contribution in [-0.2, 0) is 17.8 Å². The number of hydrogen-bond donors (Lipinski definition) is 1. The Morgan fingerprint density at radius 2 is 1.93 bits per heavy atom. The van der Waals surface area contributed by atoms with Crippen molar-refractivity contribution in [1.82, 2.24) is 4.90 Å². The molecule has 28 heavy (non-hydrogen) atoms. The number of nitrogens with zero attached hydrogens (tertiary/aromatic N) is 1. The van der Waals surface area contributed by atoms with Gasteiger partial charge in [-0.25, -0.2) is 4.79 Å². The summed E-state index contributed by atoms with van der Waals surface area (Å²) >= 11 is 0. The van der Waals surface area contributed by atoms with Gasteiger partial charge in [0.1, 0.15) is 11.4 Å². The number of carbonyl (C=O) groups is 1. The Hall–Kier alpha value is -2.79. The molecule has 2 aromatic carbocycles. The summed E-state index contributed by atoms with van der Waals surface area (Å²) in [5.41, 5.74) is 4.05. The van der Waals surface area contributed by atoms with E-state index in [9.17, 15) is 4.79 Å². The predicted molar refractivity (Wildman–Crippen MR) is 108 cm³/mol. The van der Waals surface area contributed by atoms with Gasteiger partial charge in [-0.15, -0.1) is 0 Å². The third-order valence-corrected chi connectivity index (χ3v) is 5.97. The summed E-state index contributed by atoms with van der Waals surface area (Å²) in [4.78, 5) is 14.7. The summed E-state index contributed by atoms with van der Waals surface area (Å²) in [6, 6.07) is 14.1. The molecule has 144 valence electrons. The van der Waals surface area contributed by atoms with Crippen LogP contribution in [0.25, 0.3) is 6.08 Å². The number of benzene rings is 2. The van der Waals surface area contributed by atoms with Crippen LogP contribution in [0.15, 0.2) is 48.5 Å². The summed E-state index contributed by atoms with van der Waals surface area (Å²) in [6.07, 6.45) is 6.79. The van der Waals surface area contributed by atoms with Gasteiger partial charge in [-0.1, -0.05) is 36.4 Å². The van der Waals surface area contributed by atoms with Gasteiger partial charge < -0.3 is 19.7 Å². The number of urea groups is 1. The Morgan fingerprint density at radius 1 is 1.07 bits per heavy atom. The quantitative estimate of drug-likeness (QED) is 0.810. The highest BCUT2D eigenvalue weighted by Crippen LogP contribution is 2.37. The van der Waals surface area contributed by atoms with E-state index in [0.29, 0.717) is 19.7 Å². The first kappa shape index (κ1) is 17.3. The molecule has 3 aliphatic rings. The fraction of sp³-hybridized carbons (Fsp3) is 0.348. The standard InChI is InChI=1S/C23H24N2O3/c26-22(24-20-6-3-5-17-9-15-27-16-19(17)20)25-13-11-23(12-14-25)10-8-18-4-1-2-7-21(18)28-23/h1-8,10H,9,11-16H2,(H,24,26). The number of para-hydroxylation sites is 1. The minimum absolute atomic E-state index is 0.0472. The molecule has 0 aliphatic carbocycles. The molecule has 0 radical (unpaired) electrons. The number of amides is 2. The number of carbonyl (C=O) groups excluding carboxylic acids is 1. The van der Waals surface area contributed by atoms with Gasteiger partial charge in [0.25, 0.3) is 0 Å². The van der Waals surface area contributed by atoms with Gasteiger partial charge in [0.05, 0.1) is 13.2 Å². The van der Waals surface area contributed by atoms with E-state index in [0.717, 1.165) is 48.4 Å². The Kier molecular flexibility index (Phi) is 4.32. The molecule has 2 aromatic rings. The van der Waals surface area contributed by atoms with Crippen molar-refractivity contribution < 1.29 is 14.3 Å². The lowest BCUT2D eigenvalue weighted by Crippen LogP contribution is -2.50. The summed E-state index contributed by atoms with van der Waals surface area (Å²) < 4.78 is 11.9. The average Bonchev–Trinajstić information content (AvgIpc) is 2.74. The highest BCUT2D eigenvalue weighted by Gasteiger charge is 2.38. The zero-order chi connectivity index (χ0) is 19.0. The molecule has 0 bridgehead atoms. The lowest BCUT2D eigenvalue weighted by Gasteiger charge is -2.41. The molecule has 2 amide bonds. The maximum atomic E-state index is 12.8. The second-order valence-corrected chi connectivity index (χ2v) is 7.70. The van der Waals surface area contributed by atoms with E-state index in [1.54, 1.807) is 0 Å². The van der Waals surface area contributed by atoms with Crippen LogP contribution >= 0.6 is 0 Å². The highest BCUT2D eigenvalue weighted by atomic mass is 16.5. The first-order chi connectivity index (χ1) is 13.7. The minimum atomic E-state index is -0.301. The molecule has 0 aromatic heterocycles. The van der Waals surface area contributed by atoms with E-state index < -0.39 is 0 Å². The smallest absolute Gasteiger partial charge is 0.321 e. The number of piperidine rings is 1. The van der Waals surface area contributed by atoms with Crippen molar-refractivity contribution in [2.75, 3.05) is 25.0 Å². The Balaban J connectivity index is 1.25. The van der Waals surface area contributed by atoms with Crippen molar-refractivity contribution in [3.8, 4) is 5.75 Å². The average molecular weight is 376 g/mol. The van der Waals surface area contributed by atoms with Crippen LogP contribution in [0.5, 0.6) is 5.75 Å². The number of nitrogens with one attached hydrogen (secondary N) is 1. The van der Waals surface area contributed by atoms with Gasteiger partial charge in [0.2, 0.25) is 0 Å². The van der Waals surface area contributed by atoms with Crippen molar-refractivity contribution in [3.05, 3.63) is 65.2 Å². The van der Waals surface area contributed by atoms with Gasteiger partial charge in [0.15, 0.2) is 0 Å². The molecule has 3 aliphatic heterocycles. The van der Waals surface area contributed by atoms with Crippen LogP contribution in [0, 0.1) is 0 Å². The second kappa shape index (κ2) is 6.99. The molecular weight excluding hydrogens is 352 g/mol. The second-order valence-electron chi connectivity index (χ2n) is 7.70. The van der Waals surface area contributed by atoms with Crippen molar-refractivity contribution in [2.45, 2.75) is 31.5 Å². The largest absolute Gasteiger partial charge is 0.482 e. The van der Waals surface area contributed by atoms with Crippen molar-refractivity contribution >= 4 is 17.8 Å². The molecule has 3 heterocycles. The van der Waals surface area contributed by atoms with Gasteiger partial charge in [-0.3, -0.25) is 0 Å². The first-order valence-electron chi connectivity index (χ1n) is 9.94. The zero-order valence-corrected chi connectivity index (χ0v) is 15.8. The Bertz CT molecular complexity index is 929. The van der Waals surface area contributed by atoms with Crippen LogP contribution < -0.4 is 10.1 Å². The predicted octanol–water partition coefficient (Wildman–Crippen LogP) is 4.23. The van der Waals surface area contributed by atoms with Gasteiger partial charge in [-0.05, 0) is 30.2 Å². The molecule has 5 rings (SSSR count). The number of ether oxygens (including phenoxy) is 2. The van der Waals surface area contributed by atoms with Crippen molar-refractivity contribution in [1.29, 1.82) is 0 Å². The topological polar surface area (TPSA) is 50.8 Å². The van der Waals surface area contributed by atoms with Crippen LogP contribution in [0.1, 0.15) is 29.5 Å². The Labute approximate surface area is 164 Å². The molecule has 5 nitrogen and oxygen atoms in total. The number of anilines is 1. The molecule has 1 spiro atoms. The van der Waals surface area contributed by atoms with Crippen LogP contribution in [0.3, 0.4) is 0 Å². The molecule has 0 saturated carbocycles. The summed E-state index contributed by atoms with van der Waals surface area (Å²) in [6.45, 7) is 2.65. The third-order valence-electron chi connectivity index (χ3n) is 5.97. The van der Waals surface area contributed by atoms with Gasteiger partial charge in [0, 0.05) is 42.7 Å². The Morgan fingerprint density at radius 3 is 2.82 bits per heavy atom. The fourth-order valence-electron chi connectivity index (χ4n) is 4.27. The molecule has 1 saturated heterocycles. The van der Waals surface area contributed by atoms with Crippen LogP contribution in [-0.4, -0.2) is 36.2 Å². The first-order valence-corrected chi connectivity index (χ1v) is 9.94. The zero-order valence-electron chi connectivity index (χ0n) is 15.8. The minimum Gasteiger partial charge on any atom is -0.482 e. The van der Waals surface area contributed by atoms with Crippen molar-refractivity contribution in [2.24, 2.45) is 0 Å². The normalized spacial score (nSPS) is 19.5. The SMILES string of the molecule is O=C(Nc1cccc2c1COCC2)N1CCC2(C=Cc3ccccc3O2)CC1. The highest BCUT2D eigenvalue weighted by molar-refractivity contribution is 5.90. The number of rotatable bonds is 1. The van der Waals surface area contributed by atoms with E-state index in [2.05, 4.69) is 29.6 Å². The molecule has 1 fully saturated rings. The number of fused-ring (bicyclic) bond motifs is 2. The number of likely N-dealkylation sites (tertiary alicyclic amines) is 1. The van der Waals surface area contributed by atoms with Crippen molar-refractivity contribution in [3.63, 3.8) is 0 Å². The van der Waals surface area contributed by atoms with Crippen LogP contribution in [0.2, 0.25) is 0 Å². The lowest BCUT2D eigenvalue weighted by molar-refractivity contribution is 0.0518. The van der Waals surface area contributed by atoms with Crippen LogP contribution in [0.4, 0.5) is 10.5 Å². The maximum Gasteiger partial charge on any atom is 0.321 e. The lowest BCUT2D eigenvalue weighted by atomic mass is 9.88. The molecule has 0 unspecified atom stereocenters. The molecular formula is C23H24N2O3. The third kappa shape index (κ3) is 3.16. The van der Waals surface area contributed by atoms with Gasteiger partial charge >= 0.3 is 6.03 Å². The van der Waals surface area contributed by atoms with E-state index in [1.807, 2.05) is 35.2 Å². The molecule has 1 N–H and O–H groups in total. The molecule has 5 heteroatoms. The monoisotopic (exact) mass is 376 g/mol. The fourth-order valence-corrected chi connectivity index (χ4v) is 4.27. The number of hydrogen-bond acceptors (Lipinski definition) is 3. The van der Waals surface area contributed by atoms with E-state index in [1.165, 1.54) is 5.56 Å². The van der Waals surface area contributed by atoms with E-state index in [-0.39, 0.29) is 11.6 Å².